The molecule has 2 aliphatic heterocycles. The van der Waals surface area contributed by atoms with E-state index in [1.165, 1.54) is 4.90 Å². The number of carbonyl (C=O) groups is 1. The summed E-state index contributed by atoms with van der Waals surface area (Å²) in [5.74, 6) is 1.01. The number of hydrogen-bond acceptors (Lipinski definition) is 3. The van der Waals surface area contributed by atoms with Crippen molar-refractivity contribution in [2.75, 3.05) is 44.4 Å². The molecule has 4 nitrogen and oxygen atoms in total. The molecule has 0 aliphatic carbocycles. The summed E-state index contributed by atoms with van der Waals surface area (Å²) in [5, 5.41) is 0. The molecule has 0 spiro atoms. The quantitative estimate of drug-likeness (QED) is 0.852. The van der Waals surface area contributed by atoms with Gasteiger partial charge in [-0.2, -0.15) is 0 Å². The molecule has 2 aliphatic rings. The van der Waals surface area contributed by atoms with Gasteiger partial charge >= 0.3 is 6.03 Å². The number of urea groups is 1. The van der Waals surface area contributed by atoms with Crippen molar-refractivity contribution in [3.05, 3.63) is 24.3 Å². The van der Waals surface area contributed by atoms with Crippen LogP contribution in [0.15, 0.2) is 29.2 Å². The van der Waals surface area contributed by atoms with Crippen LogP contribution >= 0.6 is 11.8 Å². The number of amides is 2. The van der Waals surface area contributed by atoms with E-state index in [2.05, 4.69) is 31.1 Å². The zero-order valence-corrected chi connectivity index (χ0v) is 12.9. The average molecular weight is 291 g/mol. The Morgan fingerprint density at radius 1 is 1.35 bits per heavy atom. The van der Waals surface area contributed by atoms with Gasteiger partial charge in [0.1, 0.15) is 0 Å². The molecule has 20 heavy (non-hydrogen) atoms. The number of para-hydroxylation sites is 1. The van der Waals surface area contributed by atoms with Gasteiger partial charge in [0, 0.05) is 23.7 Å². The van der Waals surface area contributed by atoms with Gasteiger partial charge in [0.05, 0.1) is 11.7 Å². The van der Waals surface area contributed by atoms with Crippen LogP contribution in [-0.2, 0) is 0 Å². The molecule has 2 heterocycles. The minimum absolute atomic E-state index is 0.182. The zero-order valence-electron chi connectivity index (χ0n) is 12.1. The maximum atomic E-state index is 12.6. The number of carbonyl (C=O) groups excluding carboxylic acids is 1. The summed E-state index contributed by atoms with van der Waals surface area (Å²) < 4.78 is 0. The van der Waals surface area contributed by atoms with Crippen LogP contribution in [0.25, 0.3) is 0 Å². The molecule has 5 heteroatoms. The van der Waals surface area contributed by atoms with E-state index >= 15 is 0 Å². The van der Waals surface area contributed by atoms with Gasteiger partial charge in [-0.1, -0.05) is 12.1 Å². The molecular formula is C15H21N3OS. The van der Waals surface area contributed by atoms with Crippen molar-refractivity contribution in [1.82, 2.24) is 9.80 Å². The Balaban J connectivity index is 1.72. The lowest BCUT2D eigenvalue weighted by molar-refractivity contribution is 0.217. The van der Waals surface area contributed by atoms with Crippen LogP contribution < -0.4 is 4.90 Å². The molecule has 0 N–H and O–H groups in total. The Morgan fingerprint density at radius 3 is 2.95 bits per heavy atom. The van der Waals surface area contributed by atoms with Gasteiger partial charge in [-0.25, -0.2) is 4.79 Å². The van der Waals surface area contributed by atoms with Crippen molar-refractivity contribution >= 4 is 23.5 Å². The number of fused-ring (bicyclic) bond motifs is 3. The van der Waals surface area contributed by atoms with E-state index in [4.69, 9.17) is 0 Å². The van der Waals surface area contributed by atoms with Crippen LogP contribution in [0.5, 0.6) is 0 Å². The fourth-order valence-corrected chi connectivity index (χ4v) is 3.99. The minimum Gasteiger partial charge on any atom is -0.322 e. The highest BCUT2D eigenvalue weighted by Gasteiger charge is 2.40. The number of thioether (sulfide) groups is 1. The molecule has 108 valence electrons. The van der Waals surface area contributed by atoms with Crippen molar-refractivity contribution in [3.63, 3.8) is 0 Å². The third-order valence-electron chi connectivity index (χ3n) is 3.86. The standard InChI is InChI=1S/C15H21N3OS/c1-16(2)8-5-9-17-10-12-11-20-14-7-4-3-6-13(14)18(12)15(17)19/h3-4,6-7,12H,5,8-11H2,1-2H3. The van der Waals surface area contributed by atoms with Gasteiger partial charge in [-0.3, -0.25) is 4.90 Å². The second-order valence-corrected chi connectivity index (χ2v) is 6.75. The Hall–Kier alpha value is -1.20. The summed E-state index contributed by atoms with van der Waals surface area (Å²) in [4.78, 5) is 20.0. The lowest BCUT2D eigenvalue weighted by Gasteiger charge is -2.29. The minimum atomic E-state index is 0.182. The van der Waals surface area contributed by atoms with Crippen LogP contribution in [-0.4, -0.2) is 61.4 Å². The molecule has 1 aromatic carbocycles. The van der Waals surface area contributed by atoms with Gasteiger partial charge in [0.2, 0.25) is 0 Å². The van der Waals surface area contributed by atoms with Gasteiger partial charge in [0.15, 0.2) is 0 Å². The highest BCUT2D eigenvalue weighted by molar-refractivity contribution is 7.99. The first-order chi connectivity index (χ1) is 9.66. The predicted molar refractivity (Wildman–Crippen MR) is 83.6 cm³/mol. The summed E-state index contributed by atoms with van der Waals surface area (Å²) in [6.07, 6.45) is 1.04. The van der Waals surface area contributed by atoms with Crippen molar-refractivity contribution in [2.24, 2.45) is 0 Å². The summed E-state index contributed by atoms with van der Waals surface area (Å²) in [6, 6.07) is 8.75. The van der Waals surface area contributed by atoms with E-state index in [-0.39, 0.29) is 6.03 Å². The van der Waals surface area contributed by atoms with Crippen LogP contribution in [0.3, 0.4) is 0 Å². The Morgan fingerprint density at radius 2 is 2.15 bits per heavy atom. The summed E-state index contributed by atoms with van der Waals surface area (Å²) in [7, 11) is 4.14. The highest BCUT2D eigenvalue weighted by Crippen LogP contribution is 2.40. The number of nitrogens with zero attached hydrogens (tertiary/aromatic N) is 3. The number of rotatable bonds is 4. The Labute approximate surface area is 124 Å². The third-order valence-corrected chi connectivity index (χ3v) is 5.07. The van der Waals surface area contributed by atoms with E-state index in [1.54, 1.807) is 0 Å². The Kier molecular flexibility index (Phi) is 3.89. The molecule has 0 saturated carbocycles. The van der Waals surface area contributed by atoms with Crippen molar-refractivity contribution < 1.29 is 4.79 Å². The van der Waals surface area contributed by atoms with E-state index in [0.29, 0.717) is 6.04 Å². The number of hydrogen-bond donors (Lipinski definition) is 0. The van der Waals surface area contributed by atoms with Crippen LogP contribution in [0, 0.1) is 0 Å². The first kappa shape index (κ1) is 13.8. The fraction of sp³-hybridized carbons (Fsp3) is 0.533. The number of benzene rings is 1. The smallest absolute Gasteiger partial charge is 0.322 e. The molecule has 0 aromatic heterocycles. The lowest BCUT2D eigenvalue weighted by atomic mass is 10.2. The maximum absolute atomic E-state index is 12.6. The molecule has 1 saturated heterocycles. The molecule has 1 fully saturated rings. The summed E-state index contributed by atoms with van der Waals surface area (Å²) in [6.45, 7) is 2.75. The molecule has 3 rings (SSSR count). The second kappa shape index (κ2) is 5.66. The first-order valence-electron chi connectivity index (χ1n) is 7.11. The van der Waals surface area contributed by atoms with Gasteiger partial charge in [-0.05, 0) is 39.2 Å². The summed E-state index contributed by atoms with van der Waals surface area (Å²) >= 11 is 1.87. The molecule has 1 atom stereocenters. The van der Waals surface area contributed by atoms with Crippen LogP contribution in [0.2, 0.25) is 0 Å². The van der Waals surface area contributed by atoms with Gasteiger partial charge in [-0.15, -0.1) is 11.8 Å². The topological polar surface area (TPSA) is 26.8 Å². The molecular weight excluding hydrogens is 270 g/mol. The monoisotopic (exact) mass is 291 g/mol. The van der Waals surface area contributed by atoms with Gasteiger partial charge in [0.25, 0.3) is 0 Å². The van der Waals surface area contributed by atoms with Crippen molar-refractivity contribution in [3.8, 4) is 0 Å². The van der Waals surface area contributed by atoms with E-state index < -0.39 is 0 Å². The average Bonchev–Trinajstić information content (AvgIpc) is 2.76. The largest absolute Gasteiger partial charge is 0.324 e. The number of anilines is 1. The molecule has 2 amide bonds. The SMILES string of the molecule is CN(C)CCCN1CC2CSc3ccccc3N2C1=O. The van der Waals surface area contributed by atoms with Gasteiger partial charge < -0.3 is 9.80 Å². The molecule has 0 radical (unpaired) electrons. The highest BCUT2D eigenvalue weighted by atomic mass is 32.2. The normalized spacial score (nSPS) is 21.4. The Bertz CT molecular complexity index is 506. The molecule has 0 bridgehead atoms. The molecule has 1 unspecified atom stereocenters. The first-order valence-corrected chi connectivity index (χ1v) is 8.10. The second-order valence-electron chi connectivity index (χ2n) is 5.69. The van der Waals surface area contributed by atoms with Crippen LogP contribution in [0.4, 0.5) is 10.5 Å². The summed E-state index contributed by atoms with van der Waals surface area (Å²) in [5.41, 5.74) is 1.09. The van der Waals surface area contributed by atoms with E-state index in [0.717, 1.165) is 37.5 Å². The van der Waals surface area contributed by atoms with Crippen molar-refractivity contribution in [2.45, 2.75) is 17.4 Å². The fourth-order valence-electron chi connectivity index (χ4n) is 2.88. The predicted octanol–water partition coefficient (Wildman–Crippen LogP) is 2.35. The zero-order chi connectivity index (χ0) is 14.1. The van der Waals surface area contributed by atoms with E-state index in [1.807, 2.05) is 33.7 Å². The van der Waals surface area contributed by atoms with Crippen molar-refractivity contribution in [1.29, 1.82) is 0 Å². The van der Waals surface area contributed by atoms with E-state index in [9.17, 15) is 4.79 Å². The maximum Gasteiger partial charge on any atom is 0.324 e. The lowest BCUT2D eigenvalue weighted by Crippen LogP contribution is -2.38. The molecule has 1 aromatic rings. The third kappa shape index (κ3) is 2.52. The van der Waals surface area contributed by atoms with Crippen LogP contribution in [0.1, 0.15) is 6.42 Å².